The molecule has 28 heavy (non-hydrogen) atoms. The molecule has 0 aliphatic heterocycles. The largest absolute Gasteiger partial charge is 0.497 e. The summed E-state index contributed by atoms with van der Waals surface area (Å²) in [6.07, 6.45) is -4.70. The van der Waals surface area contributed by atoms with Crippen LogP contribution in [-0.4, -0.2) is 33.3 Å². The van der Waals surface area contributed by atoms with E-state index in [1.54, 1.807) is 24.3 Å². The van der Waals surface area contributed by atoms with Crippen molar-refractivity contribution in [2.45, 2.75) is 25.2 Å². The zero-order chi connectivity index (χ0) is 20.7. The number of nitrogens with zero attached hydrogens (tertiary/aromatic N) is 3. The van der Waals surface area contributed by atoms with Gasteiger partial charge in [0.2, 0.25) is 0 Å². The second-order valence-corrected chi connectivity index (χ2v) is 6.81. The smallest absolute Gasteiger partial charge is 0.455 e. The van der Waals surface area contributed by atoms with Crippen molar-refractivity contribution >= 4 is 27.0 Å². The second-order valence-electron chi connectivity index (χ2n) is 6.00. The molecule has 3 rings (SSSR count). The zero-order valence-corrected chi connectivity index (χ0v) is 15.9. The first-order valence-corrected chi connectivity index (χ1v) is 8.65. The highest BCUT2D eigenvalue weighted by Crippen LogP contribution is 2.37. The Bertz CT molecular complexity index is 1060. The highest BCUT2D eigenvalue weighted by Gasteiger charge is 2.58. The van der Waals surface area contributed by atoms with E-state index in [4.69, 9.17) is 4.74 Å². The van der Waals surface area contributed by atoms with E-state index in [2.05, 4.69) is 20.9 Å². The Labute approximate surface area is 163 Å². The van der Waals surface area contributed by atoms with Gasteiger partial charge in [-0.3, -0.25) is 9.13 Å². The minimum absolute atomic E-state index is 0.0274. The Morgan fingerprint density at radius 2 is 1.71 bits per heavy atom. The molecule has 0 amide bonds. The van der Waals surface area contributed by atoms with Crippen LogP contribution in [0.3, 0.4) is 0 Å². The molecule has 0 N–H and O–H groups in total. The van der Waals surface area contributed by atoms with Crippen LogP contribution in [0.2, 0.25) is 0 Å². The Hall–Kier alpha value is -2.43. The van der Waals surface area contributed by atoms with Gasteiger partial charge in [-0.1, -0.05) is 12.1 Å². The van der Waals surface area contributed by atoms with Crippen molar-refractivity contribution in [3.05, 3.63) is 57.2 Å². The first-order valence-electron chi connectivity index (χ1n) is 7.85. The summed E-state index contributed by atoms with van der Waals surface area (Å²) < 4.78 is 71.9. The van der Waals surface area contributed by atoms with Crippen LogP contribution in [-0.2, 0) is 13.1 Å². The van der Waals surface area contributed by atoms with Gasteiger partial charge in [0, 0.05) is 0 Å². The maximum absolute atomic E-state index is 13.6. The summed E-state index contributed by atoms with van der Waals surface area (Å²) >= 11 is 3.12. The van der Waals surface area contributed by atoms with Gasteiger partial charge in [-0.2, -0.15) is 22.0 Å². The van der Waals surface area contributed by atoms with Gasteiger partial charge in [0.05, 0.1) is 30.9 Å². The number of aromatic nitrogens is 3. The van der Waals surface area contributed by atoms with Gasteiger partial charge in [-0.05, 0) is 39.7 Å². The average Bonchev–Trinajstić information content (AvgIpc) is 2.86. The fourth-order valence-electron chi connectivity index (χ4n) is 2.70. The predicted octanol–water partition coefficient (Wildman–Crippen LogP) is 4.22. The molecule has 2 heterocycles. The van der Waals surface area contributed by atoms with Crippen LogP contribution in [0.25, 0.3) is 11.0 Å². The number of hydrogen-bond acceptors (Lipinski definition) is 3. The molecule has 1 aromatic carbocycles. The number of halogens is 6. The quantitative estimate of drug-likeness (QED) is 0.418. The summed E-state index contributed by atoms with van der Waals surface area (Å²) in [5.74, 6) is -4.49. The van der Waals surface area contributed by atoms with Crippen molar-refractivity contribution in [2.75, 3.05) is 7.11 Å². The van der Waals surface area contributed by atoms with Crippen molar-refractivity contribution < 1.29 is 26.7 Å². The third-order valence-corrected chi connectivity index (χ3v) is 4.58. The van der Waals surface area contributed by atoms with Crippen LogP contribution < -0.4 is 10.4 Å². The summed E-state index contributed by atoms with van der Waals surface area (Å²) in [6, 6.07) is 8.01. The van der Waals surface area contributed by atoms with Crippen LogP contribution in [0, 0.1) is 0 Å². The highest BCUT2D eigenvalue weighted by molar-refractivity contribution is 9.10. The number of imidazole rings is 1. The average molecular weight is 466 g/mol. The number of benzene rings is 1. The number of pyridine rings is 1. The fraction of sp³-hybridized carbons (Fsp3) is 0.294. The van der Waals surface area contributed by atoms with Crippen molar-refractivity contribution in [2.24, 2.45) is 0 Å². The Morgan fingerprint density at radius 1 is 1.07 bits per heavy atom. The number of fused-ring (bicyclic) bond motifs is 1. The minimum Gasteiger partial charge on any atom is -0.497 e. The van der Waals surface area contributed by atoms with Crippen molar-refractivity contribution in [1.82, 2.24) is 14.1 Å². The molecule has 0 saturated carbocycles. The molecule has 150 valence electrons. The summed E-state index contributed by atoms with van der Waals surface area (Å²) in [6.45, 7) is -1.86. The van der Waals surface area contributed by atoms with E-state index < -0.39 is 24.3 Å². The lowest BCUT2D eigenvalue weighted by Gasteiger charge is -2.19. The molecule has 0 unspecified atom stereocenters. The molecule has 0 aliphatic carbocycles. The number of methoxy groups -OCH3 is 1. The Balaban J connectivity index is 2.11. The molecule has 0 bridgehead atoms. The van der Waals surface area contributed by atoms with Gasteiger partial charge >= 0.3 is 17.8 Å². The van der Waals surface area contributed by atoms with Crippen LogP contribution in [0.4, 0.5) is 22.0 Å². The molecule has 5 nitrogen and oxygen atoms in total. The lowest BCUT2D eigenvalue weighted by atomic mass is 10.2. The first-order chi connectivity index (χ1) is 13.0. The number of ether oxygens (including phenoxy) is 1. The van der Waals surface area contributed by atoms with Crippen molar-refractivity contribution in [1.29, 1.82) is 0 Å². The molecular weight excluding hydrogens is 453 g/mol. The standard InChI is InChI=1S/C17H13BrF5N3O2/c1-28-11-4-2-10(3-5-11)8-25-12-6-14(18)24-7-13(12)26(15(25)27)9-16(19,20)17(21,22)23/h2-7H,8-9H2,1H3. The summed E-state index contributed by atoms with van der Waals surface area (Å²) in [5, 5.41) is 0. The van der Waals surface area contributed by atoms with E-state index in [9.17, 15) is 26.7 Å². The van der Waals surface area contributed by atoms with Gasteiger partial charge in [-0.25, -0.2) is 9.78 Å². The van der Waals surface area contributed by atoms with Crippen LogP contribution in [0.15, 0.2) is 45.9 Å². The maximum atomic E-state index is 13.6. The van der Waals surface area contributed by atoms with Gasteiger partial charge in [0.15, 0.2) is 0 Å². The van der Waals surface area contributed by atoms with E-state index >= 15 is 0 Å². The van der Waals surface area contributed by atoms with E-state index in [1.165, 1.54) is 13.2 Å². The summed E-state index contributed by atoms with van der Waals surface area (Å²) in [7, 11) is 1.48. The van der Waals surface area contributed by atoms with Crippen LogP contribution >= 0.6 is 15.9 Å². The van der Waals surface area contributed by atoms with Gasteiger partial charge in [0.1, 0.15) is 16.9 Å². The van der Waals surface area contributed by atoms with E-state index in [1.807, 2.05) is 0 Å². The molecule has 3 aromatic rings. The zero-order valence-electron chi connectivity index (χ0n) is 14.3. The molecule has 0 fully saturated rings. The van der Waals surface area contributed by atoms with Crippen LogP contribution in [0.5, 0.6) is 5.75 Å². The first kappa shape index (κ1) is 20.3. The molecule has 2 aromatic heterocycles. The lowest BCUT2D eigenvalue weighted by molar-refractivity contribution is -0.286. The SMILES string of the molecule is COc1ccc(Cn2c(=O)n(CC(F)(F)C(F)(F)F)c3cnc(Br)cc32)cc1. The second kappa shape index (κ2) is 7.19. The van der Waals surface area contributed by atoms with Gasteiger partial charge < -0.3 is 4.74 Å². The number of rotatable bonds is 5. The third kappa shape index (κ3) is 3.75. The number of hydrogen-bond donors (Lipinski definition) is 0. The summed E-state index contributed by atoms with van der Waals surface area (Å²) in [5.41, 5.74) is -0.293. The molecular formula is C17H13BrF5N3O2. The lowest BCUT2D eigenvalue weighted by Crippen LogP contribution is -2.43. The molecule has 0 aliphatic rings. The van der Waals surface area contributed by atoms with Crippen molar-refractivity contribution in [3.8, 4) is 5.75 Å². The highest BCUT2D eigenvalue weighted by atomic mass is 79.9. The molecule has 11 heteroatoms. The molecule has 0 radical (unpaired) electrons. The monoisotopic (exact) mass is 465 g/mol. The maximum Gasteiger partial charge on any atom is 0.455 e. The molecule has 0 atom stereocenters. The van der Waals surface area contributed by atoms with E-state index in [0.717, 1.165) is 10.8 Å². The van der Waals surface area contributed by atoms with E-state index in [-0.39, 0.29) is 17.6 Å². The fourth-order valence-corrected chi connectivity index (χ4v) is 3.02. The summed E-state index contributed by atoms with van der Waals surface area (Å²) in [4.78, 5) is 16.5. The van der Waals surface area contributed by atoms with Gasteiger partial charge in [-0.15, -0.1) is 0 Å². The molecule has 0 saturated heterocycles. The topological polar surface area (TPSA) is 49.0 Å². The number of alkyl halides is 5. The normalized spacial score (nSPS) is 12.5. The Morgan fingerprint density at radius 3 is 2.29 bits per heavy atom. The van der Waals surface area contributed by atoms with Gasteiger partial charge in [0.25, 0.3) is 0 Å². The third-order valence-electron chi connectivity index (χ3n) is 4.14. The van der Waals surface area contributed by atoms with Crippen molar-refractivity contribution in [3.63, 3.8) is 0 Å². The Kier molecular flexibility index (Phi) is 5.22. The molecule has 0 spiro atoms. The predicted molar refractivity (Wildman–Crippen MR) is 94.8 cm³/mol. The van der Waals surface area contributed by atoms with Crippen LogP contribution in [0.1, 0.15) is 5.56 Å². The van der Waals surface area contributed by atoms with E-state index in [0.29, 0.717) is 20.5 Å². The minimum atomic E-state index is -5.78.